The van der Waals surface area contributed by atoms with Gasteiger partial charge in [-0.3, -0.25) is 4.79 Å². The third-order valence-corrected chi connectivity index (χ3v) is 2.95. The van der Waals surface area contributed by atoms with Crippen molar-refractivity contribution in [3.05, 3.63) is 53.8 Å². The first-order chi connectivity index (χ1) is 9.11. The molecule has 0 fully saturated rings. The molecule has 0 unspecified atom stereocenters. The summed E-state index contributed by atoms with van der Waals surface area (Å²) in [5, 5.41) is 2.67. The minimum absolute atomic E-state index is 0.0805. The van der Waals surface area contributed by atoms with Crippen LogP contribution in [0.15, 0.2) is 47.4 Å². The number of benzene rings is 2. The zero-order valence-corrected chi connectivity index (χ0v) is 11.1. The SMILES string of the molecule is COc1cc(NC(=O)c2ccccc2S)ccc1F. The van der Waals surface area contributed by atoms with Gasteiger partial charge >= 0.3 is 0 Å². The first-order valence-electron chi connectivity index (χ1n) is 5.54. The molecule has 0 radical (unpaired) electrons. The Balaban J connectivity index is 2.22. The van der Waals surface area contributed by atoms with E-state index < -0.39 is 5.82 Å². The molecular formula is C14H12FNO2S. The molecule has 2 rings (SSSR count). The number of thiol groups is 1. The van der Waals surface area contributed by atoms with Crippen LogP contribution in [0.3, 0.4) is 0 Å². The van der Waals surface area contributed by atoms with Gasteiger partial charge in [-0.1, -0.05) is 12.1 Å². The van der Waals surface area contributed by atoms with Crippen LogP contribution in [0.2, 0.25) is 0 Å². The van der Waals surface area contributed by atoms with Crippen LogP contribution >= 0.6 is 12.6 Å². The number of anilines is 1. The molecular weight excluding hydrogens is 265 g/mol. The largest absolute Gasteiger partial charge is 0.494 e. The van der Waals surface area contributed by atoms with Crippen LogP contribution in [-0.2, 0) is 0 Å². The minimum Gasteiger partial charge on any atom is -0.494 e. The topological polar surface area (TPSA) is 38.3 Å². The molecule has 0 atom stereocenters. The Kier molecular flexibility index (Phi) is 4.06. The molecule has 2 aromatic rings. The van der Waals surface area contributed by atoms with Crippen molar-refractivity contribution in [2.45, 2.75) is 4.90 Å². The van der Waals surface area contributed by atoms with Crippen molar-refractivity contribution < 1.29 is 13.9 Å². The lowest BCUT2D eigenvalue weighted by Crippen LogP contribution is -2.12. The lowest BCUT2D eigenvalue weighted by atomic mass is 10.2. The number of amides is 1. The summed E-state index contributed by atoms with van der Waals surface area (Å²) in [4.78, 5) is 12.6. The molecule has 0 aliphatic rings. The number of carbonyl (C=O) groups excluding carboxylic acids is 1. The van der Waals surface area contributed by atoms with E-state index in [-0.39, 0.29) is 11.7 Å². The number of ether oxygens (including phenoxy) is 1. The van der Waals surface area contributed by atoms with Gasteiger partial charge in [0, 0.05) is 16.6 Å². The second kappa shape index (κ2) is 5.75. The monoisotopic (exact) mass is 277 g/mol. The van der Waals surface area contributed by atoms with E-state index in [4.69, 9.17) is 4.74 Å². The van der Waals surface area contributed by atoms with Crippen LogP contribution in [0.1, 0.15) is 10.4 Å². The summed E-state index contributed by atoms with van der Waals surface area (Å²) in [6.45, 7) is 0. The first-order valence-corrected chi connectivity index (χ1v) is 5.99. The fraction of sp³-hybridized carbons (Fsp3) is 0.0714. The van der Waals surface area contributed by atoms with Gasteiger partial charge in [-0.05, 0) is 24.3 Å². The number of methoxy groups -OCH3 is 1. The Labute approximate surface area is 115 Å². The molecule has 0 aliphatic carbocycles. The Hall–Kier alpha value is -2.01. The highest BCUT2D eigenvalue weighted by molar-refractivity contribution is 7.80. The van der Waals surface area contributed by atoms with Crippen LogP contribution in [0.25, 0.3) is 0 Å². The van der Waals surface area contributed by atoms with Crippen molar-refractivity contribution in [3.8, 4) is 5.75 Å². The first kappa shape index (κ1) is 13.4. The highest BCUT2D eigenvalue weighted by Crippen LogP contribution is 2.22. The van der Waals surface area contributed by atoms with Crippen molar-refractivity contribution >= 4 is 24.2 Å². The van der Waals surface area contributed by atoms with Crippen molar-refractivity contribution in [2.24, 2.45) is 0 Å². The van der Waals surface area contributed by atoms with Crippen LogP contribution in [0.4, 0.5) is 10.1 Å². The molecule has 0 saturated heterocycles. The fourth-order valence-electron chi connectivity index (χ4n) is 1.60. The van der Waals surface area contributed by atoms with Crippen LogP contribution in [0.5, 0.6) is 5.75 Å². The molecule has 19 heavy (non-hydrogen) atoms. The maximum atomic E-state index is 13.2. The van der Waals surface area contributed by atoms with E-state index in [0.717, 1.165) is 0 Å². The summed E-state index contributed by atoms with van der Waals surface area (Å²) in [6.07, 6.45) is 0. The van der Waals surface area contributed by atoms with Crippen molar-refractivity contribution in [1.82, 2.24) is 0 Å². The number of hydrogen-bond donors (Lipinski definition) is 2. The molecule has 1 amide bonds. The zero-order chi connectivity index (χ0) is 13.8. The van der Waals surface area contributed by atoms with E-state index in [0.29, 0.717) is 16.1 Å². The van der Waals surface area contributed by atoms with Gasteiger partial charge < -0.3 is 10.1 Å². The van der Waals surface area contributed by atoms with Gasteiger partial charge in [0.05, 0.1) is 12.7 Å². The van der Waals surface area contributed by atoms with Gasteiger partial charge in [-0.25, -0.2) is 4.39 Å². The van der Waals surface area contributed by atoms with E-state index in [2.05, 4.69) is 17.9 Å². The second-order valence-electron chi connectivity index (χ2n) is 3.82. The normalized spacial score (nSPS) is 10.1. The summed E-state index contributed by atoms with van der Waals surface area (Å²) in [5.41, 5.74) is 0.911. The third kappa shape index (κ3) is 3.06. The minimum atomic E-state index is -0.477. The Bertz CT molecular complexity index is 616. The van der Waals surface area contributed by atoms with Gasteiger partial charge in [0.15, 0.2) is 11.6 Å². The van der Waals surface area contributed by atoms with E-state index in [1.807, 2.05) is 0 Å². The van der Waals surface area contributed by atoms with E-state index in [9.17, 15) is 9.18 Å². The second-order valence-corrected chi connectivity index (χ2v) is 4.30. The number of carbonyl (C=O) groups is 1. The standard InChI is InChI=1S/C14H12FNO2S/c1-18-12-8-9(6-7-11(12)15)16-14(17)10-4-2-3-5-13(10)19/h2-8,19H,1H3,(H,16,17). The molecule has 0 saturated carbocycles. The van der Waals surface area contributed by atoms with Gasteiger partial charge in [-0.2, -0.15) is 0 Å². The number of hydrogen-bond acceptors (Lipinski definition) is 3. The predicted octanol–water partition coefficient (Wildman–Crippen LogP) is 3.38. The number of rotatable bonds is 3. The molecule has 5 heteroatoms. The number of halogens is 1. The van der Waals surface area contributed by atoms with Crippen molar-refractivity contribution in [3.63, 3.8) is 0 Å². The smallest absolute Gasteiger partial charge is 0.256 e. The summed E-state index contributed by atoms with van der Waals surface area (Å²) < 4.78 is 18.1. The lowest BCUT2D eigenvalue weighted by Gasteiger charge is -2.09. The number of nitrogens with one attached hydrogen (secondary N) is 1. The molecule has 3 nitrogen and oxygen atoms in total. The van der Waals surface area contributed by atoms with Crippen LogP contribution in [0, 0.1) is 5.82 Å². The van der Waals surface area contributed by atoms with Gasteiger partial charge in [0.1, 0.15) is 0 Å². The highest BCUT2D eigenvalue weighted by Gasteiger charge is 2.10. The Morgan fingerprint density at radius 1 is 1.26 bits per heavy atom. The molecule has 1 N–H and O–H groups in total. The van der Waals surface area contributed by atoms with Crippen molar-refractivity contribution in [2.75, 3.05) is 12.4 Å². The quantitative estimate of drug-likeness (QED) is 0.844. The maximum Gasteiger partial charge on any atom is 0.256 e. The van der Waals surface area contributed by atoms with Crippen LogP contribution < -0.4 is 10.1 Å². The summed E-state index contributed by atoms with van der Waals surface area (Å²) >= 11 is 4.21. The van der Waals surface area contributed by atoms with Gasteiger partial charge in [-0.15, -0.1) is 12.6 Å². The fourth-order valence-corrected chi connectivity index (χ4v) is 1.86. The summed E-state index contributed by atoms with van der Waals surface area (Å²) in [6, 6.07) is 11.1. The summed E-state index contributed by atoms with van der Waals surface area (Å²) in [5.74, 6) is -0.702. The molecule has 0 bridgehead atoms. The third-order valence-electron chi connectivity index (χ3n) is 2.56. The predicted molar refractivity (Wildman–Crippen MR) is 74.6 cm³/mol. The van der Waals surface area contributed by atoms with Crippen molar-refractivity contribution in [1.29, 1.82) is 0 Å². The van der Waals surface area contributed by atoms with E-state index >= 15 is 0 Å². The molecule has 0 heterocycles. The molecule has 2 aromatic carbocycles. The molecule has 0 aliphatic heterocycles. The average Bonchev–Trinajstić information content (AvgIpc) is 2.41. The zero-order valence-electron chi connectivity index (χ0n) is 10.2. The average molecular weight is 277 g/mol. The Morgan fingerprint density at radius 2 is 2.00 bits per heavy atom. The molecule has 0 aromatic heterocycles. The van der Waals surface area contributed by atoms with E-state index in [1.54, 1.807) is 24.3 Å². The van der Waals surface area contributed by atoms with E-state index in [1.165, 1.54) is 25.3 Å². The Morgan fingerprint density at radius 3 is 2.68 bits per heavy atom. The highest BCUT2D eigenvalue weighted by atomic mass is 32.1. The van der Waals surface area contributed by atoms with Crippen LogP contribution in [-0.4, -0.2) is 13.0 Å². The summed E-state index contributed by atoms with van der Waals surface area (Å²) in [7, 11) is 1.37. The maximum absolute atomic E-state index is 13.2. The molecule has 98 valence electrons. The molecule has 0 spiro atoms. The van der Waals surface area contributed by atoms with Gasteiger partial charge in [0.25, 0.3) is 5.91 Å². The van der Waals surface area contributed by atoms with Gasteiger partial charge in [0.2, 0.25) is 0 Å². The lowest BCUT2D eigenvalue weighted by molar-refractivity contribution is 0.102.